The highest BCUT2D eigenvalue weighted by Gasteiger charge is 2.29. The third kappa shape index (κ3) is 7.54. The summed E-state index contributed by atoms with van der Waals surface area (Å²) in [6.45, 7) is 7.30. The van der Waals surface area contributed by atoms with Gasteiger partial charge >= 0.3 is 11.8 Å². The van der Waals surface area contributed by atoms with E-state index >= 15 is 0 Å². The number of rotatable bonds is 9. The van der Waals surface area contributed by atoms with Crippen molar-refractivity contribution in [1.29, 1.82) is 0 Å². The van der Waals surface area contributed by atoms with E-state index in [0.29, 0.717) is 19.0 Å². The summed E-state index contributed by atoms with van der Waals surface area (Å²) in [5, 5.41) is 5.36. The van der Waals surface area contributed by atoms with Crippen LogP contribution in [0.5, 0.6) is 5.75 Å². The van der Waals surface area contributed by atoms with Crippen LogP contribution in [0.2, 0.25) is 0 Å². The van der Waals surface area contributed by atoms with Gasteiger partial charge in [0.05, 0.1) is 18.7 Å². The van der Waals surface area contributed by atoms with E-state index in [1.54, 1.807) is 44.4 Å². The summed E-state index contributed by atoms with van der Waals surface area (Å²) >= 11 is 0. The minimum atomic E-state index is -0.717. The summed E-state index contributed by atoms with van der Waals surface area (Å²) < 4.78 is 14.7. The summed E-state index contributed by atoms with van der Waals surface area (Å²) in [7, 11) is 2.95. The smallest absolute Gasteiger partial charge is 0.407 e. The second-order valence-corrected chi connectivity index (χ2v) is 11.6. The van der Waals surface area contributed by atoms with Crippen molar-refractivity contribution in [2.75, 3.05) is 31.6 Å². The fraction of sp³-hybridized carbons (Fsp3) is 0.484. The molecule has 14 heteroatoms. The predicted octanol–water partition coefficient (Wildman–Crippen LogP) is 1.42. The molecular weight excluding hydrogens is 582 g/mol. The number of carbonyl (C=O) groups is 3. The molecule has 0 saturated carbocycles. The molecule has 2 N–H and O–H groups in total. The third-order valence-electron chi connectivity index (χ3n) is 7.18. The second kappa shape index (κ2) is 13.7. The summed E-state index contributed by atoms with van der Waals surface area (Å²) in [6, 6.07) is 6.08. The molecule has 2 amide bonds. The van der Waals surface area contributed by atoms with Gasteiger partial charge in [0.15, 0.2) is 23.6 Å². The van der Waals surface area contributed by atoms with Crippen molar-refractivity contribution in [1.82, 2.24) is 29.3 Å². The molecule has 0 aliphatic carbocycles. The Kier molecular flexibility index (Phi) is 10.0. The van der Waals surface area contributed by atoms with Crippen molar-refractivity contribution in [2.24, 2.45) is 7.05 Å². The standard InChI is InChI=1S/C31H39N7O7/c1-7-8-16-37-25-26(34-28(37)36-15-11-12-20(17-36)33-29(42)45-31(2,3)4)35(6)30(43)38(27(25)41)18-22(39)21-13-9-10-14-23(21)44-19-24(40)32-5/h9-10,13-14,20H,11-12,15-19H2,1-6H3,(H,32,40)(H,33,42). The minimum absolute atomic E-state index is 0.112. The molecule has 0 spiro atoms. The molecule has 1 aliphatic rings. The van der Waals surface area contributed by atoms with Crippen LogP contribution in [0.4, 0.5) is 10.7 Å². The fourth-order valence-corrected chi connectivity index (χ4v) is 5.07. The van der Waals surface area contributed by atoms with Crippen LogP contribution < -0.4 is 31.5 Å². The van der Waals surface area contributed by atoms with E-state index in [-0.39, 0.29) is 47.6 Å². The first-order valence-corrected chi connectivity index (χ1v) is 14.6. The lowest BCUT2D eigenvalue weighted by atomic mass is 10.1. The molecule has 45 heavy (non-hydrogen) atoms. The average molecular weight is 622 g/mol. The highest BCUT2D eigenvalue weighted by Crippen LogP contribution is 2.24. The molecule has 0 bridgehead atoms. The van der Waals surface area contributed by atoms with Crippen molar-refractivity contribution in [3.63, 3.8) is 0 Å². The zero-order chi connectivity index (χ0) is 32.9. The fourth-order valence-electron chi connectivity index (χ4n) is 5.07. The van der Waals surface area contributed by atoms with E-state index in [0.717, 1.165) is 17.4 Å². The number of amides is 2. The van der Waals surface area contributed by atoms with Gasteiger partial charge in [-0.15, -0.1) is 5.92 Å². The lowest BCUT2D eigenvalue weighted by molar-refractivity contribution is -0.122. The van der Waals surface area contributed by atoms with E-state index < -0.39 is 35.3 Å². The van der Waals surface area contributed by atoms with Crippen molar-refractivity contribution in [2.45, 2.75) is 65.3 Å². The molecule has 1 aliphatic heterocycles. The number of hydrogen-bond donors (Lipinski definition) is 2. The number of benzene rings is 1. The van der Waals surface area contributed by atoms with E-state index in [1.165, 1.54) is 30.8 Å². The Balaban J connectivity index is 1.71. The summed E-state index contributed by atoms with van der Waals surface area (Å²) in [6.07, 6.45) is 0.949. The molecule has 14 nitrogen and oxygen atoms in total. The number of ether oxygens (including phenoxy) is 2. The molecule has 1 saturated heterocycles. The monoisotopic (exact) mass is 621 g/mol. The number of imidazole rings is 1. The highest BCUT2D eigenvalue weighted by molar-refractivity contribution is 5.98. The van der Waals surface area contributed by atoms with E-state index in [1.807, 2.05) is 4.90 Å². The van der Waals surface area contributed by atoms with Gasteiger partial charge < -0.3 is 25.0 Å². The van der Waals surface area contributed by atoms with Crippen LogP contribution in [0, 0.1) is 11.8 Å². The van der Waals surface area contributed by atoms with Gasteiger partial charge in [-0.25, -0.2) is 9.59 Å². The number of alkyl carbamates (subject to hydrolysis) is 1. The normalized spacial score (nSPS) is 14.8. The number of nitrogens with zero attached hydrogens (tertiary/aromatic N) is 5. The van der Waals surface area contributed by atoms with E-state index in [2.05, 4.69) is 22.5 Å². The number of likely N-dealkylation sites (N-methyl/N-ethyl adjacent to an activating group) is 1. The van der Waals surface area contributed by atoms with Gasteiger partial charge in [-0.2, -0.15) is 4.98 Å². The van der Waals surface area contributed by atoms with Crippen LogP contribution in [-0.4, -0.2) is 74.9 Å². The van der Waals surface area contributed by atoms with Crippen molar-refractivity contribution in [3.8, 4) is 17.6 Å². The Morgan fingerprint density at radius 2 is 1.87 bits per heavy atom. The predicted molar refractivity (Wildman–Crippen MR) is 168 cm³/mol. The number of aryl methyl sites for hydroxylation is 1. The van der Waals surface area contributed by atoms with Gasteiger partial charge in [0, 0.05) is 33.2 Å². The number of fused-ring (bicyclic) bond motifs is 1. The number of hydrogen-bond acceptors (Lipinski definition) is 9. The molecule has 3 aromatic rings. The first kappa shape index (κ1) is 32.8. The van der Waals surface area contributed by atoms with Crippen molar-refractivity contribution < 1.29 is 23.9 Å². The quantitative estimate of drug-likeness (QED) is 0.266. The molecule has 1 fully saturated rings. The molecule has 3 heterocycles. The molecular formula is C31H39N7O7. The maximum absolute atomic E-state index is 13.9. The molecule has 4 rings (SSSR count). The lowest BCUT2D eigenvalue weighted by Crippen LogP contribution is -2.49. The SMILES string of the molecule is CC#CCn1c(N2CCCC(NC(=O)OC(C)(C)C)C2)nc2c1c(=O)n(CC(=O)c1ccccc1OCC(=O)NC)c(=O)n2C. The van der Waals surface area contributed by atoms with Crippen LogP contribution in [0.1, 0.15) is 50.9 Å². The summed E-state index contributed by atoms with van der Waals surface area (Å²) in [4.78, 5) is 71.6. The molecule has 0 radical (unpaired) electrons. The van der Waals surface area contributed by atoms with E-state index in [9.17, 15) is 24.0 Å². The number of nitrogens with one attached hydrogen (secondary N) is 2. The van der Waals surface area contributed by atoms with Gasteiger partial charge in [0.25, 0.3) is 11.5 Å². The Labute approximate surface area is 260 Å². The largest absolute Gasteiger partial charge is 0.483 e. The Hall–Kier alpha value is -5.06. The summed E-state index contributed by atoms with van der Waals surface area (Å²) in [5.41, 5.74) is -1.66. The van der Waals surface area contributed by atoms with Crippen LogP contribution in [-0.2, 0) is 29.7 Å². The first-order chi connectivity index (χ1) is 21.3. The lowest BCUT2D eigenvalue weighted by Gasteiger charge is -2.34. The maximum Gasteiger partial charge on any atom is 0.407 e. The number of piperidine rings is 1. The molecule has 1 atom stereocenters. The number of anilines is 1. The number of Topliss-reactive ketones (excluding diaryl/α,β-unsaturated/α-hetero) is 1. The Morgan fingerprint density at radius 1 is 1.13 bits per heavy atom. The Bertz CT molecular complexity index is 1790. The first-order valence-electron chi connectivity index (χ1n) is 14.6. The second-order valence-electron chi connectivity index (χ2n) is 11.6. The molecule has 1 unspecified atom stereocenters. The molecule has 1 aromatic carbocycles. The topological polar surface area (TPSA) is 159 Å². The third-order valence-corrected chi connectivity index (χ3v) is 7.18. The van der Waals surface area contributed by atoms with Gasteiger partial charge in [-0.1, -0.05) is 18.1 Å². The number of para-hydroxylation sites is 1. The number of aromatic nitrogens is 4. The minimum Gasteiger partial charge on any atom is -0.483 e. The van der Waals surface area contributed by atoms with Crippen LogP contribution in [0.3, 0.4) is 0 Å². The molecule has 2 aromatic heterocycles. The van der Waals surface area contributed by atoms with Crippen molar-refractivity contribution >= 4 is 34.9 Å². The number of carbonyl (C=O) groups excluding carboxylic acids is 3. The Morgan fingerprint density at radius 3 is 2.56 bits per heavy atom. The average Bonchev–Trinajstić information content (AvgIpc) is 3.38. The van der Waals surface area contributed by atoms with Gasteiger partial charge in [-0.05, 0) is 52.7 Å². The van der Waals surface area contributed by atoms with Crippen LogP contribution >= 0.6 is 0 Å². The van der Waals surface area contributed by atoms with E-state index in [4.69, 9.17) is 14.5 Å². The number of ketones is 1. The van der Waals surface area contributed by atoms with Gasteiger partial charge in [-0.3, -0.25) is 28.1 Å². The zero-order valence-electron chi connectivity index (χ0n) is 26.4. The molecule has 240 valence electrons. The van der Waals surface area contributed by atoms with Crippen molar-refractivity contribution in [3.05, 3.63) is 50.7 Å². The zero-order valence-corrected chi connectivity index (χ0v) is 26.4. The van der Waals surface area contributed by atoms with Crippen LogP contribution in [0.25, 0.3) is 11.2 Å². The maximum atomic E-state index is 13.9. The summed E-state index contributed by atoms with van der Waals surface area (Å²) in [5.74, 6) is 5.46. The highest BCUT2D eigenvalue weighted by atomic mass is 16.6. The van der Waals surface area contributed by atoms with Gasteiger partial charge in [0.1, 0.15) is 11.4 Å². The van der Waals surface area contributed by atoms with Crippen LogP contribution in [0.15, 0.2) is 33.9 Å². The van der Waals surface area contributed by atoms with Gasteiger partial charge in [0.2, 0.25) is 5.95 Å².